The molecule has 140 valence electrons. The minimum absolute atomic E-state index is 0.0815. The maximum Gasteiger partial charge on any atom is 0.230 e. The molecule has 1 heterocycles. The van der Waals surface area contributed by atoms with E-state index in [1.165, 1.54) is 5.56 Å². The molecule has 0 fully saturated rings. The highest BCUT2D eigenvalue weighted by Gasteiger charge is 2.15. The van der Waals surface area contributed by atoms with E-state index in [9.17, 15) is 5.11 Å². The number of fused-ring (bicyclic) bond motifs is 1. The molecular formula is C24H22N2O2. The third kappa shape index (κ3) is 3.54. The van der Waals surface area contributed by atoms with Crippen LogP contribution in [0.3, 0.4) is 0 Å². The molecule has 3 aromatic carbocycles. The summed E-state index contributed by atoms with van der Waals surface area (Å²) >= 11 is 0. The van der Waals surface area contributed by atoms with Gasteiger partial charge in [0.05, 0.1) is 16.5 Å². The first-order chi connectivity index (χ1) is 13.4. The van der Waals surface area contributed by atoms with Gasteiger partial charge >= 0.3 is 0 Å². The van der Waals surface area contributed by atoms with E-state index in [4.69, 9.17) is 4.74 Å². The molecule has 0 aliphatic heterocycles. The minimum atomic E-state index is 0.0815. The Balaban J connectivity index is 1.79. The van der Waals surface area contributed by atoms with Gasteiger partial charge < -0.3 is 9.84 Å². The van der Waals surface area contributed by atoms with Crippen LogP contribution in [-0.4, -0.2) is 15.1 Å². The van der Waals surface area contributed by atoms with Crippen LogP contribution in [0, 0.1) is 0 Å². The third-order valence-corrected chi connectivity index (χ3v) is 4.65. The van der Waals surface area contributed by atoms with Crippen molar-refractivity contribution in [1.82, 2.24) is 9.97 Å². The van der Waals surface area contributed by atoms with Crippen LogP contribution in [-0.2, 0) is 5.41 Å². The molecule has 4 nitrogen and oxygen atoms in total. The van der Waals surface area contributed by atoms with Crippen molar-refractivity contribution < 1.29 is 9.84 Å². The van der Waals surface area contributed by atoms with E-state index in [1.807, 2.05) is 42.5 Å². The molecule has 28 heavy (non-hydrogen) atoms. The van der Waals surface area contributed by atoms with Gasteiger partial charge in [-0.3, -0.25) is 0 Å². The molecule has 0 amide bonds. The van der Waals surface area contributed by atoms with Crippen molar-refractivity contribution >= 4 is 10.9 Å². The van der Waals surface area contributed by atoms with Crippen molar-refractivity contribution in [1.29, 1.82) is 0 Å². The smallest absolute Gasteiger partial charge is 0.230 e. The second-order valence-electron chi connectivity index (χ2n) is 7.76. The van der Waals surface area contributed by atoms with Crippen molar-refractivity contribution in [3.63, 3.8) is 0 Å². The highest BCUT2D eigenvalue weighted by molar-refractivity contribution is 5.85. The van der Waals surface area contributed by atoms with Crippen LogP contribution in [0.15, 0.2) is 72.8 Å². The Hall–Kier alpha value is -3.40. The van der Waals surface area contributed by atoms with Crippen molar-refractivity contribution in [2.75, 3.05) is 0 Å². The van der Waals surface area contributed by atoms with Gasteiger partial charge in [-0.15, -0.1) is 0 Å². The largest absolute Gasteiger partial charge is 0.507 e. The molecule has 0 radical (unpaired) electrons. The Bertz CT molecular complexity index is 1130. The Morgan fingerprint density at radius 1 is 0.786 bits per heavy atom. The number of phenols is 1. The Morgan fingerprint density at radius 3 is 2.18 bits per heavy atom. The molecule has 0 saturated carbocycles. The van der Waals surface area contributed by atoms with E-state index in [-0.39, 0.29) is 11.2 Å². The molecule has 0 saturated heterocycles. The zero-order chi connectivity index (χ0) is 19.7. The number of ether oxygens (including phenoxy) is 1. The highest BCUT2D eigenvalue weighted by atomic mass is 16.5. The molecule has 0 aliphatic rings. The summed E-state index contributed by atoms with van der Waals surface area (Å²) in [6.07, 6.45) is 0. The van der Waals surface area contributed by atoms with Gasteiger partial charge in [0.1, 0.15) is 11.5 Å². The lowest BCUT2D eigenvalue weighted by Crippen LogP contribution is -2.10. The van der Waals surface area contributed by atoms with Crippen LogP contribution in [0.2, 0.25) is 0 Å². The highest BCUT2D eigenvalue weighted by Crippen LogP contribution is 2.33. The summed E-state index contributed by atoms with van der Waals surface area (Å²) < 4.78 is 6.13. The lowest BCUT2D eigenvalue weighted by atomic mass is 9.87. The van der Waals surface area contributed by atoms with E-state index in [1.54, 1.807) is 18.2 Å². The first kappa shape index (κ1) is 18.0. The van der Waals surface area contributed by atoms with Crippen molar-refractivity contribution in [2.24, 2.45) is 0 Å². The second kappa shape index (κ2) is 6.97. The summed E-state index contributed by atoms with van der Waals surface area (Å²) in [5.41, 5.74) is 2.65. The van der Waals surface area contributed by atoms with Gasteiger partial charge in [-0.1, -0.05) is 57.2 Å². The SMILES string of the molecule is CC(C)(C)c1ccc(Oc2nc(-c3ccccc3O)nc3ccccc23)cc1. The molecule has 1 aromatic heterocycles. The quantitative estimate of drug-likeness (QED) is 0.474. The average Bonchev–Trinajstić information content (AvgIpc) is 2.68. The summed E-state index contributed by atoms with van der Waals surface area (Å²) in [4.78, 5) is 9.21. The number of nitrogens with zero attached hydrogens (tertiary/aromatic N) is 2. The van der Waals surface area contributed by atoms with Crippen LogP contribution in [0.25, 0.3) is 22.3 Å². The molecule has 0 unspecified atom stereocenters. The first-order valence-electron chi connectivity index (χ1n) is 9.25. The number of phenolic OH excluding ortho intramolecular Hbond substituents is 1. The standard InChI is InChI=1S/C24H22N2O2/c1-24(2,3)16-12-14-17(15-13-16)28-23-18-8-4-6-10-20(18)25-22(26-23)19-9-5-7-11-21(19)27/h4-15,27H,1-3H3. The van der Waals surface area contributed by atoms with E-state index < -0.39 is 0 Å². The van der Waals surface area contributed by atoms with E-state index in [0.29, 0.717) is 23.0 Å². The monoisotopic (exact) mass is 370 g/mol. The maximum absolute atomic E-state index is 10.2. The van der Waals surface area contributed by atoms with Crippen LogP contribution in [0.1, 0.15) is 26.3 Å². The lowest BCUT2D eigenvalue weighted by Gasteiger charge is -2.19. The van der Waals surface area contributed by atoms with Crippen LogP contribution in [0.5, 0.6) is 17.4 Å². The number of hydrogen-bond acceptors (Lipinski definition) is 4. The topological polar surface area (TPSA) is 55.2 Å². The molecule has 0 aliphatic carbocycles. The fourth-order valence-electron chi connectivity index (χ4n) is 3.04. The number of rotatable bonds is 3. The van der Waals surface area contributed by atoms with E-state index >= 15 is 0 Å². The normalized spacial score (nSPS) is 11.5. The number of hydrogen-bond donors (Lipinski definition) is 1. The van der Waals surface area contributed by atoms with E-state index in [2.05, 4.69) is 42.9 Å². The number of benzene rings is 3. The molecule has 4 heteroatoms. The number of aromatic nitrogens is 2. The van der Waals surface area contributed by atoms with Gasteiger partial charge in [-0.05, 0) is 47.4 Å². The molecule has 0 bridgehead atoms. The summed E-state index contributed by atoms with van der Waals surface area (Å²) in [6.45, 7) is 6.54. The van der Waals surface area contributed by atoms with E-state index in [0.717, 1.165) is 10.9 Å². The molecule has 4 aromatic rings. The zero-order valence-electron chi connectivity index (χ0n) is 16.2. The Morgan fingerprint density at radius 2 is 1.46 bits per heavy atom. The van der Waals surface area contributed by atoms with Gasteiger partial charge in [0, 0.05) is 0 Å². The van der Waals surface area contributed by atoms with Crippen LogP contribution < -0.4 is 4.74 Å². The predicted octanol–water partition coefficient (Wildman–Crippen LogP) is 6.09. The fraction of sp³-hybridized carbons (Fsp3) is 0.167. The summed E-state index contributed by atoms with van der Waals surface area (Å²) in [7, 11) is 0. The number of para-hydroxylation sites is 2. The summed E-state index contributed by atoms with van der Waals surface area (Å²) in [5.74, 6) is 1.74. The second-order valence-corrected chi connectivity index (χ2v) is 7.76. The van der Waals surface area contributed by atoms with Gasteiger partial charge in [0.15, 0.2) is 5.82 Å². The first-order valence-corrected chi connectivity index (χ1v) is 9.25. The minimum Gasteiger partial charge on any atom is -0.507 e. The Labute approximate surface area is 164 Å². The van der Waals surface area contributed by atoms with Crippen molar-refractivity contribution in [3.05, 3.63) is 78.4 Å². The van der Waals surface area contributed by atoms with Crippen LogP contribution >= 0.6 is 0 Å². The third-order valence-electron chi connectivity index (χ3n) is 4.65. The van der Waals surface area contributed by atoms with Crippen molar-refractivity contribution in [2.45, 2.75) is 26.2 Å². The molecular weight excluding hydrogens is 348 g/mol. The molecule has 4 rings (SSSR count). The van der Waals surface area contributed by atoms with Gasteiger partial charge in [0.2, 0.25) is 5.88 Å². The summed E-state index contributed by atoms with van der Waals surface area (Å²) in [5, 5.41) is 11.0. The van der Waals surface area contributed by atoms with Gasteiger partial charge in [0.25, 0.3) is 0 Å². The van der Waals surface area contributed by atoms with Crippen LogP contribution in [0.4, 0.5) is 0 Å². The summed E-state index contributed by atoms with van der Waals surface area (Å²) in [6, 6.07) is 22.8. The number of aromatic hydroxyl groups is 1. The fourth-order valence-corrected chi connectivity index (χ4v) is 3.04. The Kier molecular flexibility index (Phi) is 4.47. The molecule has 0 atom stereocenters. The molecule has 1 N–H and O–H groups in total. The van der Waals surface area contributed by atoms with Crippen molar-refractivity contribution in [3.8, 4) is 28.8 Å². The predicted molar refractivity (Wildman–Crippen MR) is 112 cm³/mol. The zero-order valence-corrected chi connectivity index (χ0v) is 16.2. The maximum atomic E-state index is 10.2. The van der Waals surface area contributed by atoms with Gasteiger partial charge in [-0.25, -0.2) is 4.98 Å². The molecule has 0 spiro atoms. The lowest BCUT2D eigenvalue weighted by molar-refractivity contribution is 0.466. The average molecular weight is 370 g/mol. The van der Waals surface area contributed by atoms with Gasteiger partial charge in [-0.2, -0.15) is 4.98 Å².